The number of rotatable bonds is 4. The lowest BCUT2D eigenvalue weighted by Crippen LogP contribution is -2.39. The first-order valence-electron chi connectivity index (χ1n) is 7.08. The first-order chi connectivity index (χ1) is 10.9. The Morgan fingerprint density at radius 2 is 2.00 bits per heavy atom. The van der Waals surface area contributed by atoms with Gasteiger partial charge in [0.05, 0.1) is 18.2 Å². The summed E-state index contributed by atoms with van der Waals surface area (Å²) in [6, 6.07) is 1.79. The summed E-state index contributed by atoms with van der Waals surface area (Å²) in [6.07, 6.45) is -1.50. The van der Waals surface area contributed by atoms with Crippen LogP contribution in [0.15, 0.2) is 17.0 Å². The lowest BCUT2D eigenvalue weighted by molar-refractivity contribution is -0.137. The molecule has 1 aromatic carbocycles. The van der Waals surface area contributed by atoms with Gasteiger partial charge in [-0.05, 0) is 31.2 Å². The zero-order valence-electron chi connectivity index (χ0n) is 12.8. The van der Waals surface area contributed by atoms with Crippen molar-refractivity contribution in [1.82, 2.24) is 5.32 Å². The minimum Gasteiger partial charge on any atom is -0.496 e. The van der Waals surface area contributed by atoms with Crippen molar-refractivity contribution in [3.63, 3.8) is 0 Å². The fraction of sp³-hybridized carbons (Fsp3) is 0.533. The van der Waals surface area contributed by atoms with Crippen LogP contribution in [0.5, 0.6) is 5.75 Å². The molecular weight excluding hydrogens is 331 g/mol. The normalized spacial score (nSPS) is 16.2. The molecule has 1 fully saturated rings. The Balaban J connectivity index is 2.33. The second-order valence-corrected chi connectivity index (χ2v) is 5.96. The van der Waals surface area contributed by atoms with Crippen LogP contribution in [-0.2, 0) is 10.9 Å². The second-order valence-electron chi connectivity index (χ2n) is 5.11. The predicted molar refractivity (Wildman–Crippen MR) is 81.1 cm³/mol. The number of alkyl halides is 3. The van der Waals surface area contributed by atoms with E-state index in [1.54, 1.807) is 6.26 Å². The van der Waals surface area contributed by atoms with Crippen LogP contribution in [0.2, 0.25) is 0 Å². The van der Waals surface area contributed by atoms with Gasteiger partial charge in [0.25, 0.3) is 5.91 Å². The van der Waals surface area contributed by atoms with Gasteiger partial charge in [0.1, 0.15) is 5.75 Å². The van der Waals surface area contributed by atoms with Gasteiger partial charge in [0.2, 0.25) is 0 Å². The zero-order valence-corrected chi connectivity index (χ0v) is 13.6. The lowest BCUT2D eigenvalue weighted by atomic mass is 10.1. The minimum absolute atomic E-state index is 0.0436. The Morgan fingerprint density at radius 3 is 2.52 bits per heavy atom. The monoisotopic (exact) mass is 349 g/mol. The number of nitrogens with one attached hydrogen (secondary N) is 1. The van der Waals surface area contributed by atoms with E-state index in [2.05, 4.69) is 5.32 Å². The van der Waals surface area contributed by atoms with Gasteiger partial charge in [-0.2, -0.15) is 13.2 Å². The summed E-state index contributed by atoms with van der Waals surface area (Å²) >= 11 is 1.08. The van der Waals surface area contributed by atoms with Crippen LogP contribution in [-0.4, -0.2) is 38.5 Å². The average Bonchev–Trinajstić information content (AvgIpc) is 2.53. The lowest BCUT2D eigenvalue weighted by Gasteiger charge is -2.24. The number of halogens is 3. The molecule has 2 rings (SSSR count). The number of thioether (sulfide) groups is 1. The molecule has 0 spiro atoms. The number of carbonyl (C=O) groups is 1. The quantitative estimate of drug-likeness (QED) is 0.847. The highest BCUT2D eigenvalue weighted by Gasteiger charge is 2.33. The van der Waals surface area contributed by atoms with Gasteiger partial charge >= 0.3 is 6.18 Å². The van der Waals surface area contributed by atoms with E-state index < -0.39 is 17.6 Å². The summed E-state index contributed by atoms with van der Waals surface area (Å²) in [6.45, 7) is 1.12. The average molecular weight is 349 g/mol. The molecule has 4 nitrogen and oxygen atoms in total. The van der Waals surface area contributed by atoms with Crippen molar-refractivity contribution in [3.8, 4) is 5.75 Å². The molecule has 1 aliphatic rings. The van der Waals surface area contributed by atoms with Gasteiger partial charge in [0.15, 0.2) is 0 Å². The van der Waals surface area contributed by atoms with Gasteiger partial charge in [-0.25, -0.2) is 0 Å². The van der Waals surface area contributed by atoms with Gasteiger partial charge in [-0.1, -0.05) is 0 Å². The van der Waals surface area contributed by atoms with E-state index >= 15 is 0 Å². The molecule has 128 valence electrons. The summed E-state index contributed by atoms with van der Waals surface area (Å²) in [5, 5.41) is 2.85. The SMILES string of the molecule is COc1cc(C(F)(F)F)cc(SC)c1C(=O)NC1CCOCC1. The van der Waals surface area contributed by atoms with Gasteiger partial charge < -0.3 is 14.8 Å². The largest absolute Gasteiger partial charge is 0.496 e. The summed E-state index contributed by atoms with van der Waals surface area (Å²) in [5.74, 6) is -0.499. The predicted octanol–water partition coefficient (Wildman–Crippen LogP) is 3.34. The maximum absolute atomic E-state index is 12.9. The van der Waals surface area contributed by atoms with E-state index in [0.717, 1.165) is 23.9 Å². The standard InChI is InChI=1S/C15H18F3NO3S/c1-21-11-7-9(15(16,17)18)8-12(23-2)13(11)14(20)19-10-3-5-22-6-4-10/h7-8,10H,3-6H2,1-2H3,(H,19,20). The summed E-state index contributed by atoms with van der Waals surface area (Å²) < 4.78 is 49.1. The van der Waals surface area contributed by atoms with Crippen LogP contribution in [0, 0.1) is 0 Å². The molecular formula is C15H18F3NO3S. The number of carbonyl (C=O) groups excluding carboxylic acids is 1. The number of benzene rings is 1. The fourth-order valence-corrected chi connectivity index (χ4v) is 3.04. The highest BCUT2D eigenvalue weighted by atomic mass is 32.2. The van der Waals surface area contributed by atoms with Crippen molar-refractivity contribution in [1.29, 1.82) is 0 Å². The zero-order chi connectivity index (χ0) is 17.0. The van der Waals surface area contributed by atoms with Crippen LogP contribution in [0.1, 0.15) is 28.8 Å². The van der Waals surface area contributed by atoms with Crippen molar-refractivity contribution in [2.45, 2.75) is 30.0 Å². The van der Waals surface area contributed by atoms with Crippen molar-refractivity contribution >= 4 is 17.7 Å². The third-order valence-electron chi connectivity index (χ3n) is 3.62. The van der Waals surface area contributed by atoms with E-state index in [0.29, 0.717) is 26.1 Å². The van der Waals surface area contributed by atoms with Crippen molar-refractivity contribution in [3.05, 3.63) is 23.3 Å². The molecule has 0 radical (unpaired) electrons. The first kappa shape index (κ1) is 17.9. The van der Waals surface area contributed by atoms with Crippen LogP contribution in [0.3, 0.4) is 0 Å². The molecule has 0 saturated carbocycles. The Kier molecular flexibility index (Phi) is 5.80. The molecule has 0 aliphatic carbocycles. The molecule has 0 atom stereocenters. The molecule has 1 aromatic rings. The van der Waals surface area contributed by atoms with Crippen molar-refractivity contribution in [2.75, 3.05) is 26.6 Å². The molecule has 1 heterocycles. The number of hydrogen-bond donors (Lipinski definition) is 1. The van der Waals surface area contributed by atoms with E-state index in [-0.39, 0.29) is 22.3 Å². The van der Waals surface area contributed by atoms with E-state index in [9.17, 15) is 18.0 Å². The van der Waals surface area contributed by atoms with E-state index in [1.165, 1.54) is 7.11 Å². The summed E-state index contributed by atoms with van der Waals surface area (Å²) in [4.78, 5) is 12.7. The van der Waals surface area contributed by atoms with Gasteiger partial charge in [-0.3, -0.25) is 4.79 Å². The molecule has 1 amide bonds. The third kappa shape index (κ3) is 4.32. The molecule has 1 N–H and O–H groups in total. The summed E-state index contributed by atoms with van der Waals surface area (Å²) in [7, 11) is 1.25. The van der Waals surface area contributed by atoms with Crippen LogP contribution < -0.4 is 10.1 Å². The molecule has 0 unspecified atom stereocenters. The first-order valence-corrected chi connectivity index (χ1v) is 8.31. The Bertz CT molecular complexity index is 547. The number of amides is 1. The second kappa shape index (κ2) is 7.44. The van der Waals surface area contributed by atoms with Crippen LogP contribution in [0.4, 0.5) is 13.2 Å². The van der Waals surface area contributed by atoms with Crippen LogP contribution >= 0.6 is 11.8 Å². The third-order valence-corrected chi connectivity index (χ3v) is 4.38. The number of ether oxygens (including phenoxy) is 2. The topological polar surface area (TPSA) is 47.6 Å². The fourth-order valence-electron chi connectivity index (χ4n) is 2.40. The maximum Gasteiger partial charge on any atom is 0.416 e. The highest BCUT2D eigenvalue weighted by molar-refractivity contribution is 7.98. The van der Waals surface area contributed by atoms with Crippen molar-refractivity contribution in [2.24, 2.45) is 0 Å². The maximum atomic E-state index is 12.9. The highest BCUT2D eigenvalue weighted by Crippen LogP contribution is 2.38. The van der Waals surface area contributed by atoms with Crippen LogP contribution in [0.25, 0.3) is 0 Å². The molecule has 0 aromatic heterocycles. The minimum atomic E-state index is -4.49. The molecule has 1 aliphatic heterocycles. The number of methoxy groups -OCH3 is 1. The Labute approximate surface area is 136 Å². The molecule has 1 saturated heterocycles. The van der Waals surface area contributed by atoms with E-state index in [4.69, 9.17) is 9.47 Å². The molecule has 0 bridgehead atoms. The smallest absolute Gasteiger partial charge is 0.416 e. The van der Waals surface area contributed by atoms with Crippen molar-refractivity contribution < 1.29 is 27.4 Å². The van der Waals surface area contributed by atoms with Gasteiger partial charge in [-0.15, -0.1) is 11.8 Å². The molecule has 8 heteroatoms. The number of hydrogen-bond acceptors (Lipinski definition) is 4. The van der Waals surface area contributed by atoms with Gasteiger partial charge in [0, 0.05) is 24.2 Å². The Morgan fingerprint density at radius 1 is 1.35 bits per heavy atom. The van der Waals surface area contributed by atoms with E-state index in [1.807, 2.05) is 0 Å². The summed E-state index contributed by atoms with van der Waals surface area (Å²) in [5.41, 5.74) is -0.694. The molecule has 23 heavy (non-hydrogen) atoms. The Hall–Kier alpha value is -1.41.